The lowest BCUT2D eigenvalue weighted by atomic mass is 9.94. The zero-order valence-corrected chi connectivity index (χ0v) is 17.3. The Morgan fingerprint density at radius 1 is 1.31 bits per heavy atom. The zero-order valence-electron chi connectivity index (χ0n) is 16.5. The van der Waals surface area contributed by atoms with Crippen LogP contribution in [0.5, 0.6) is 5.75 Å². The van der Waals surface area contributed by atoms with Crippen molar-refractivity contribution in [1.29, 1.82) is 0 Å². The molecule has 0 radical (unpaired) electrons. The number of thioether (sulfide) groups is 1. The summed E-state index contributed by atoms with van der Waals surface area (Å²) in [5, 5.41) is 0.335. The molecule has 0 spiro atoms. The van der Waals surface area contributed by atoms with Gasteiger partial charge in [-0.2, -0.15) is 0 Å². The molecule has 152 valence electrons. The lowest BCUT2D eigenvalue weighted by Gasteiger charge is -2.33. The summed E-state index contributed by atoms with van der Waals surface area (Å²) in [6.45, 7) is 8.62. The van der Waals surface area contributed by atoms with Gasteiger partial charge in [0.25, 0.3) is 0 Å². The van der Waals surface area contributed by atoms with E-state index in [1.807, 2.05) is 6.92 Å². The maximum atomic E-state index is 13.0. The Morgan fingerprint density at radius 3 is 2.59 bits per heavy atom. The van der Waals surface area contributed by atoms with Crippen LogP contribution in [0, 0.1) is 0 Å². The third kappa shape index (κ3) is 4.12. The molecule has 0 saturated carbocycles. The molecule has 0 bridgehead atoms. The summed E-state index contributed by atoms with van der Waals surface area (Å²) in [6.07, 6.45) is 2.14. The van der Waals surface area contributed by atoms with E-state index >= 15 is 0 Å². The summed E-state index contributed by atoms with van der Waals surface area (Å²) >= 11 is 1.40. The van der Waals surface area contributed by atoms with Crippen LogP contribution < -0.4 is 4.74 Å². The van der Waals surface area contributed by atoms with Crippen molar-refractivity contribution in [2.75, 3.05) is 6.61 Å². The number of amides is 1. The first-order valence-electron chi connectivity index (χ1n) is 9.23. The average Bonchev–Trinajstić information content (AvgIpc) is 3.00. The summed E-state index contributed by atoms with van der Waals surface area (Å²) in [7, 11) is 0. The highest BCUT2D eigenvalue weighted by Crippen LogP contribution is 2.44. The van der Waals surface area contributed by atoms with E-state index < -0.39 is 18.0 Å². The molecule has 1 aromatic carbocycles. The van der Waals surface area contributed by atoms with E-state index in [1.54, 1.807) is 36.1 Å². The van der Waals surface area contributed by atoms with E-state index in [-0.39, 0.29) is 17.8 Å². The fourth-order valence-electron chi connectivity index (χ4n) is 3.26. The van der Waals surface area contributed by atoms with Gasteiger partial charge in [-0.15, -0.1) is 0 Å². The van der Waals surface area contributed by atoms with Crippen LogP contribution in [0.3, 0.4) is 0 Å². The highest BCUT2D eigenvalue weighted by atomic mass is 32.2. The smallest absolute Gasteiger partial charge is 0.338 e. The molecular weight excluding hydrogens is 392 g/mol. The van der Waals surface area contributed by atoms with Gasteiger partial charge >= 0.3 is 11.9 Å². The normalized spacial score (nSPS) is 20.9. The maximum absolute atomic E-state index is 13.0. The second-order valence-corrected chi connectivity index (χ2v) is 7.74. The number of ether oxygens (including phenoxy) is 2. The number of esters is 2. The zero-order chi connectivity index (χ0) is 21.1. The number of nitrogens with zero attached hydrogens (tertiary/aromatic N) is 2. The number of hydrogen-bond donors (Lipinski definition) is 0. The molecule has 1 aromatic rings. The van der Waals surface area contributed by atoms with Gasteiger partial charge in [-0.1, -0.05) is 43.5 Å². The minimum absolute atomic E-state index is 0.0601. The molecular formula is C21H22N2O5S. The topological polar surface area (TPSA) is 85.3 Å². The molecule has 2 atom stereocenters. The molecule has 29 heavy (non-hydrogen) atoms. The largest absolute Gasteiger partial charge is 0.458 e. The molecule has 3 rings (SSSR count). The average molecular weight is 414 g/mol. The van der Waals surface area contributed by atoms with E-state index in [9.17, 15) is 14.4 Å². The Bertz CT molecular complexity index is 920. The standard InChI is InChI=1S/C21H22N2O5S/c1-5-11-27-20(26)17-12(3)22-21-23(19(25)16(6-2)29-21)18(17)14-7-9-15(10-8-14)28-13(4)24/h5,7-10,16,18H,1,6,11H2,2-4H3/t16-,18+/m0/s1. The second-order valence-electron chi connectivity index (χ2n) is 6.57. The predicted molar refractivity (Wildman–Crippen MR) is 110 cm³/mol. The lowest BCUT2D eigenvalue weighted by Crippen LogP contribution is -2.40. The van der Waals surface area contributed by atoms with E-state index in [4.69, 9.17) is 9.47 Å². The summed E-state index contributed by atoms with van der Waals surface area (Å²) in [4.78, 5) is 43.1. The Balaban J connectivity index is 2.05. The van der Waals surface area contributed by atoms with Crippen LogP contribution in [-0.2, 0) is 19.1 Å². The Kier molecular flexibility index (Phi) is 6.22. The lowest BCUT2D eigenvalue weighted by molar-refractivity contribution is -0.139. The molecule has 1 fully saturated rings. The minimum Gasteiger partial charge on any atom is -0.458 e. The van der Waals surface area contributed by atoms with Crippen molar-refractivity contribution in [3.8, 4) is 5.75 Å². The van der Waals surface area contributed by atoms with Crippen LogP contribution in [0.15, 0.2) is 53.2 Å². The molecule has 2 heterocycles. The third-order valence-electron chi connectivity index (χ3n) is 4.53. The van der Waals surface area contributed by atoms with Crippen molar-refractivity contribution in [1.82, 2.24) is 4.90 Å². The van der Waals surface area contributed by atoms with Gasteiger partial charge in [-0.3, -0.25) is 14.5 Å². The van der Waals surface area contributed by atoms with Gasteiger partial charge in [0, 0.05) is 6.92 Å². The maximum Gasteiger partial charge on any atom is 0.338 e. The summed E-state index contributed by atoms with van der Waals surface area (Å²) in [5.41, 5.74) is 1.52. The number of benzene rings is 1. The van der Waals surface area contributed by atoms with Gasteiger partial charge in [0.2, 0.25) is 5.91 Å². The number of hydrogen-bond acceptors (Lipinski definition) is 7. The van der Waals surface area contributed by atoms with Crippen LogP contribution in [0.2, 0.25) is 0 Å². The summed E-state index contributed by atoms with van der Waals surface area (Å²) in [5.74, 6) is -0.675. The first-order chi connectivity index (χ1) is 13.9. The Morgan fingerprint density at radius 2 is 2.00 bits per heavy atom. The van der Waals surface area contributed by atoms with E-state index in [1.165, 1.54) is 24.8 Å². The highest BCUT2D eigenvalue weighted by molar-refractivity contribution is 8.15. The Labute approximate surface area is 173 Å². The second kappa shape index (κ2) is 8.65. The van der Waals surface area contributed by atoms with Gasteiger partial charge in [0.15, 0.2) is 5.17 Å². The highest BCUT2D eigenvalue weighted by Gasteiger charge is 2.47. The van der Waals surface area contributed by atoms with Crippen LogP contribution in [0.1, 0.15) is 38.8 Å². The van der Waals surface area contributed by atoms with Gasteiger partial charge in [-0.25, -0.2) is 9.79 Å². The number of amidine groups is 1. The van der Waals surface area contributed by atoms with Crippen molar-refractivity contribution >= 4 is 34.8 Å². The fourth-order valence-corrected chi connectivity index (χ4v) is 4.40. The van der Waals surface area contributed by atoms with Crippen LogP contribution in [0.4, 0.5) is 0 Å². The molecule has 0 unspecified atom stereocenters. The predicted octanol–water partition coefficient (Wildman–Crippen LogP) is 3.38. The summed E-state index contributed by atoms with van der Waals surface area (Å²) in [6, 6.07) is 6.07. The first kappa shape index (κ1) is 20.9. The molecule has 2 aliphatic rings. The van der Waals surface area contributed by atoms with Crippen LogP contribution in [-0.4, -0.2) is 39.8 Å². The number of fused-ring (bicyclic) bond motifs is 1. The van der Waals surface area contributed by atoms with Crippen molar-refractivity contribution in [2.24, 2.45) is 4.99 Å². The SMILES string of the molecule is C=CCOC(=O)C1=C(C)N=C2S[C@@H](CC)C(=O)N2[C@@H]1c1ccc(OC(C)=O)cc1. The molecule has 0 N–H and O–H groups in total. The van der Waals surface area contributed by atoms with Crippen LogP contribution in [0.25, 0.3) is 0 Å². The molecule has 1 amide bonds. The van der Waals surface area contributed by atoms with E-state index in [0.29, 0.717) is 34.2 Å². The number of aliphatic imine (C=N–C) groups is 1. The fraction of sp³-hybridized carbons (Fsp3) is 0.333. The van der Waals surface area contributed by atoms with Crippen molar-refractivity contribution in [3.05, 3.63) is 53.8 Å². The van der Waals surface area contributed by atoms with Crippen LogP contribution >= 0.6 is 11.8 Å². The minimum atomic E-state index is -0.664. The third-order valence-corrected chi connectivity index (χ3v) is 5.85. The molecule has 0 aromatic heterocycles. The van der Waals surface area contributed by atoms with Crippen molar-refractivity contribution in [2.45, 2.75) is 38.5 Å². The Hall–Kier alpha value is -2.87. The van der Waals surface area contributed by atoms with E-state index in [0.717, 1.165) is 0 Å². The van der Waals surface area contributed by atoms with Crippen molar-refractivity contribution in [3.63, 3.8) is 0 Å². The quantitative estimate of drug-likeness (QED) is 0.403. The molecule has 1 saturated heterocycles. The molecule has 7 nitrogen and oxygen atoms in total. The number of carbonyl (C=O) groups excluding carboxylic acids is 3. The molecule has 8 heteroatoms. The van der Waals surface area contributed by atoms with Gasteiger partial charge in [0.05, 0.1) is 22.6 Å². The van der Waals surface area contributed by atoms with E-state index in [2.05, 4.69) is 11.6 Å². The monoisotopic (exact) mass is 414 g/mol. The first-order valence-corrected chi connectivity index (χ1v) is 10.1. The number of rotatable bonds is 6. The summed E-state index contributed by atoms with van der Waals surface area (Å²) < 4.78 is 10.4. The number of allylic oxidation sites excluding steroid dienone is 1. The number of carbonyl (C=O) groups is 3. The van der Waals surface area contributed by atoms with Gasteiger partial charge in [-0.05, 0) is 31.0 Å². The molecule has 2 aliphatic heterocycles. The van der Waals surface area contributed by atoms with Gasteiger partial charge < -0.3 is 9.47 Å². The van der Waals surface area contributed by atoms with Gasteiger partial charge in [0.1, 0.15) is 12.4 Å². The molecule has 0 aliphatic carbocycles. The van der Waals surface area contributed by atoms with Crippen molar-refractivity contribution < 1.29 is 23.9 Å².